The van der Waals surface area contributed by atoms with Crippen LogP contribution in [0, 0.1) is 0 Å². The predicted octanol–water partition coefficient (Wildman–Crippen LogP) is 4.26. The summed E-state index contributed by atoms with van der Waals surface area (Å²) < 4.78 is 5.37. The summed E-state index contributed by atoms with van der Waals surface area (Å²) in [6, 6.07) is 0.441. The SMILES string of the molecule is CCC(SC(C)C)/C(=N/N1CCCC1COC)C1=CC=CC1. The van der Waals surface area contributed by atoms with Crippen molar-refractivity contribution in [1.82, 2.24) is 5.01 Å². The van der Waals surface area contributed by atoms with Gasteiger partial charge in [-0.3, -0.25) is 5.01 Å². The van der Waals surface area contributed by atoms with Gasteiger partial charge in [0.1, 0.15) is 0 Å². The van der Waals surface area contributed by atoms with E-state index in [9.17, 15) is 0 Å². The zero-order valence-corrected chi connectivity index (χ0v) is 15.2. The summed E-state index contributed by atoms with van der Waals surface area (Å²) in [5.74, 6) is 0. The lowest BCUT2D eigenvalue weighted by Crippen LogP contribution is -2.32. The smallest absolute Gasteiger partial charge is 0.0770 e. The monoisotopic (exact) mass is 322 g/mol. The molecule has 0 aromatic carbocycles. The van der Waals surface area contributed by atoms with E-state index >= 15 is 0 Å². The summed E-state index contributed by atoms with van der Waals surface area (Å²) in [7, 11) is 1.79. The minimum Gasteiger partial charge on any atom is -0.382 e. The van der Waals surface area contributed by atoms with Crippen LogP contribution in [0.2, 0.25) is 0 Å². The van der Waals surface area contributed by atoms with E-state index in [0.717, 1.165) is 26.0 Å². The molecule has 0 radical (unpaired) electrons. The van der Waals surface area contributed by atoms with Crippen LogP contribution in [0.4, 0.5) is 0 Å². The average Bonchev–Trinajstić information content (AvgIpc) is 3.14. The second-order valence-corrected chi connectivity index (χ2v) is 8.09. The lowest BCUT2D eigenvalue weighted by atomic mass is 10.1. The standard InChI is InChI=1S/C18H30N2OS/c1-5-17(22-14(2)3)18(15-9-6-7-10-15)19-20-12-8-11-16(20)13-21-4/h6-7,9,14,16-17H,5,8,10-13H2,1-4H3/b19-18+. The fraction of sp³-hybridized carbons (Fsp3) is 0.722. The van der Waals surface area contributed by atoms with Crippen molar-refractivity contribution in [2.75, 3.05) is 20.3 Å². The van der Waals surface area contributed by atoms with E-state index in [0.29, 0.717) is 16.5 Å². The Hall–Kier alpha value is -0.740. The summed E-state index contributed by atoms with van der Waals surface area (Å²) in [4.78, 5) is 0. The molecule has 3 nitrogen and oxygen atoms in total. The highest BCUT2D eigenvalue weighted by atomic mass is 32.2. The summed E-state index contributed by atoms with van der Waals surface area (Å²) in [5, 5.41) is 8.51. The second-order valence-electron chi connectivity index (χ2n) is 6.31. The fourth-order valence-electron chi connectivity index (χ4n) is 3.11. The Bertz CT molecular complexity index is 442. The van der Waals surface area contributed by atoms with Crippen LogP contribution in [0.3, 0.4) is 0 Å². The van der Waals surface area contributed by atoms with Crippen molar-refractivity contribution in [1.29, 1.82) is 0 Å². The molecule has 1 fully saturated rings. The zero-order valence-electron chi connectivity index (χ0n) is 14.4. The van der Waals surface area contributed by atoms with Crippen molar-refractivity contribution in [3.05, 3.63) is 23.8 Å². The van der Waals surface area contributed by atoms with Crippen LogP contribution in [0.5, 0.6) is 0 Å². The molecule has 0 aromatic rings. The first-order valence-electron chi connectivity index (χ1n) is 8.51. The minimum absolute atomic E-state index is 0.441. The van der Waals surface area contributed by atoms with Crippen LogP contribution in [-0.4, -0.2) is 47.5 Å². The third kappa shape index (κ3) is 4.63. The van der Waals surface area contributed by atoms with E-state index in [4.69, 9.17) is 9.84 Å². The van der Waals surface area contributed by atoms with Crippen molar-refractivity contribution >= 4 is 17.5 Å². The van der Waals surface area contributed by atoms with Gasteiger partial charge >= 0.3 is 0 Å². The van der Waals surface area contributed by atoms with Gasteiger partial charge in [0.05, 0.1) is 18.4 Å². The molecule has 2 atom stereocenters. The van der Waals surface area contributed by atoms with Crippen LogP contribution in [0.25, 0.3) is 0 Å². The molecule has 4 heteroatoms. The topological polar surface area (TPSA) is 24.8 Å². The third-order valence-corrected chi connectivity index (χ3v) is 5.58. The van der Waals surface area contributed by atoms with Crippen molar-refractivity contribution in [2.45, 2.75) is 63.0 Å². The van der Waals surface area contributed by atoms with E-state index in [1.165, 1.54) is 24.1 Å². The summed E-state index contributed by atoms with van der Waals surface area (Å²) in [6.07, 6.45) is 11.2. The molecule has 0 N–H and O–H groups in total. The molecule has 1 aliphatic carbocycles. The maximum atomic E-state index is 5.37. The van der Waals surface area contributed by atoms with E-state index in [1.54, 1.807) is 7.11 Å². The largest absolute Gasteiger partial charge is 0.382 e. The molecule has 124 valence electrons. The van der Waals surface area contributed by atoms with E-state index in [-0.39, 0.29) is 0 Å². The molecule has 0 amide bonds. The Morgan fingerprint density at radius 2 is 2.32 bits per heavy atom. The molecular weight excluding hydrogens is 292 g/mol. The van der Waals surface area contributed by atoms with Gasteiger partial charge in [-0.05, 0) is 36.5 Å². The number of hydrazone groups is 1. The molecule has 2 aliphatic rings. The molecule has 1 saturated heterocycles. The number of hydrogen-bond donors (Lipinski definition) is 0. The van der Waals surface area contributed by atoms with Crippen LogP contribution in [0.15, 0.2) is 28.9 Å². The molecule has 1 aliphatic heterocycles. The maximum absolute atomic E-state index is 5.37. The van der Waals surface area contributed by atoms with Crippen LogP contribution in [0.1, 0.15) is 46.5 Å². The summed E-state index contributed by atoms with van der Waals surface area (Å²) >= 11 is 2.04. The van der Waals surface area contributed by atoms with Gasteiger partial charge in [-0.1, -0.05) is 39.0 Å². The van der Waals surface area contributed by atoms with Gasteiger partial charge in [0, 0.05) is 18.9 Å². The van der Waals surface area contributed by atoms with Gasteiger partial charge in [0.15, 0.2) is 0 Å². The van der Waals surface area contributed by atoms with Gasteiger partial charge in [-0.15, -0.1) is 11.8 Å². The van der Waals surface area contributed by atoms with Gasteiger partial charge in [0.25, 0.3) is 0 Å². The van der Waals surface area contributed by atoms with Crippen LogP contribution in [-0.2, 0) is 4.74 Å². The number of hydrogen-bond acceptors (Lipinski definition) is 4. The molecule has 0 spiro atoms. The Balaban J connectivity index is 2.21. The number of thioether (sulfide) groups is 1. The lowest BCUT2D eigenvalue weighted by Gasteiger charge is -2.26. The minimum atomic E-state index is 0.441. The molecule has 2 unspecified atom stereocenters. The summed E-state index contributed by atoms with van der Waals surface area (Å²) in [6.45, 7) is 8.66. The van der Waals surface area contributed by atoms with Gasteiger partial charge in [-0.25, -0.2) is 0 Å². The maximum Gasteiger partial charge on any atom is 0.0770 e. The van der Waals surface area contributed by atoms with E-state index in [1.807, 2.05) is 11.8 Å². The Kier molecular flexibility index (Phi) is 7.03. The van der Waals surface area contributed by atoms with Gasteiger partial charge in [-0.2, -0.15) is 5.10 Å². The Labute approximate surface area is 139 Å². The highest BCUT2D eigenvalue weighted by Gasteiger charge is 2.27. The molecule has 22 heavy (non-hydrogen) atoms. The molecule has 0 bridgehead atoms. The zero-order chi connectivity index (χ0) is 15.9. The third-order valence-electron chi connectivity index (χ3n) is 4.15. The molecule has 0 aromatic heterocycles. The lowest BCUT2D eigenvalue weighted by molar-refractivity contribution is 0.118. The second kappa shape index (κ2) is 8.78. The normalized spacial score (nSPS) is 23.5. The van der Waals surface area contributed by atoms with Crippen molar-refractivity contribution in [2.24, 2.45) is 5.10 Å². The van der Waals surface area contributed by atoms with Gasteiger partial charge < -0.3 is 4.74 Å². The number of rotatable bonds is 8. The van der Waals surface area contributed by atoms with E-state index < -0.39 is 0 Å². The first-order valence-corrected chi connectivity index (χ1v) is 9.45. The van der Waals surface area contributed by atoms with Crippen molar-refractivity contribution in [3.8, 4) is 0 Å². The highest BCUT2D eigenvalue weighted by molar-refractivity contribution is 8.01. The number of methoxy groups -OCH3 is 1. The number of ether oxygens (including phenoxy) is 1. The van der Waals surface area contributed by atoms with Gasteiger partial charge in [0.2, 0.25) is 0 Å². The average molecular weight is 323 g/mol. The number of allylic oxidation sites excluding steroid dienone is 4. The van der Waals surface area contributed by atoms with Crippen LogP contribution < -0.4 is 0 Å². The first kappa shape index (κ1) is 17.6. The number of nitrogens with zero attached hydrogens (tertiary/aromatic N) is 2. The van der Waals surface area contributed by atoms with Crippen molar-refractivity contribution in [3.63, 3.8) is 0 Å². The fourth-order valence-corrected chi connectivity index (χ4v) is 4.28. The Morgan fingerprint density at radius 3 is 2.91 bits per heavy atom. The molecule has 1 heterocycles. The van der Waals surface area contributed by atoms with Crippen molar-refractivity contribution < 1.29 is 4.74 Å². The molecule has 2 rings (SSSR count). The van der Waals surface area contributed by atoms with Crippen LogP contribution >= 0.6 is 11.8 Å². The predicted molar refractivity (Wildman–Crippen MR) is 97.7 cm³/mol. The highest BCUT2D eigenvalue weighted by Crippen LogP contribution is 2.29. The Morgan fingerprint density at radius 1 is 1.50 bits per heavy atom. The molecular formula is C18H30N2OS. The molecule has 0 saturated carbocycles. The van der Waals surface area contributed by atoms with E-state index in [2.05, 4.69) is 44.0 Å². The quantitative estimate of drug-likeness (QED) is 0.624. The summed E-state index contributed by atoms with van der Waals surface area (Å²) in [5.41, 5.74) is 2.68. The first-order chi connectivity index (χ1) is 10.7.